The van der Waals surface area contributed by atoms with Gasteiger partial charge in [-0.2, -0.15) is 0 Å². The van der Waals surface area contributed by atoms with Crippen LogP contribution in [0.5, 0.6) is 5.75 Å². The number of hydrogen-bond acceptors (Lipinski definition) is 4. The highest BCUT2D eigenvalue weighted by atomic mass is 16.5. The van der Waals surface area contributed by atoms with Crippen molar-refractivity contribution in [3.8, 4) is 5.75 Å². The molecule has 1 saturated heterocycles. The summed E-state index contributed by atoms with van der Waals surface area (Å²) in [5.41, 5.74) is 1.29. The van der Waals surface area contributed by atoms with E-state index in [4.69, 9.17) is 9.47 Å². The number of nitrogens with zero attached hydrogens (tertiary/aromatic N) is 1. The third kappa shape index (κ3) is 4.99. The second kappa shape index (κ2) is 8.37. The molecule has 4 heteroatoms. The van der Waals surface area contributed by atoms with Gasteiger partial charge in [-0.05, 0) is 51.1 Å². The summed E-state index contributed by atoms with van der Waals surface area (Å²) in [5, 5.41) is 3.72. The van der Waals surface area contributed by atoms with Crippen molar-refractivity contribution in [1.82, 2.24) is 10.2 Å². The standard InChI is InChI=1S/C17H28N2O2/c1-19(2)17(14-6-4-8-16(12-14)20-3)13-18-15-7-5-10-21-11-9-15/h4,6,8,12,15,17-18H,5,7,9-11,13H2,1-3H3. The Balaban J connectivity index is 1.97. The van der Waals surface area contributed by atoms with E-state index in [0.29, 0.717) is 12.1 Å². The fraction of sp³-hybridized carbons (Fsp3) is 0.647. The molecule has 118 valence electrons. The fourth-order valence-corrected chi connectivity index (χ4v) is 2.83. The average Bonchev–Trinajstić information content (AvgIpc) is 2.76. The lowest BCUT2D eigenvalue weighted by Gasteiger charge is -2.27. The average molecular weight is 292 g/mol. The smallest absolute Gasteiger partial charge is 0.119 e. The van der Waals surface area contributed by atoms with Crippen LogP contribution in [0.3, 0.4) is 0 Å². The van der Waals surface area contributed by atoms with Crippen molar-refractivity contribution in [2.24, 2.45) is 0 Å². The second-order valence-corrected chi connectivity index (χ2v) is 5.90. The van der Waals surface area contributed by atoms with Crippen molar-refractivity contribution in [1.29, 1.82) is 0 Å². The zero-order valence-corrected chi connectivity index (χ0v) is 13.5. The molecule has 0 aromatic heterocycles. The molecule has 0 aliphatic carbocycles. The first-order valence-electron chi connectivity index (χ1n) is 7.82. The molecule has 1 fully saturated rings. The molecule has 2 rings (SSSR count). The van der Waals surface area contributed by atoms with Crippen LogP contribution in [-0.4, -0.2) is 51.9 Å². The van der Waals surface area contributed by atoms with Crippen LogP contribution < -0.4 is 10.1 Å². The highest BCUT2D eigenvalue weighted by Crippen LogP contribution is 2.22. The van der Waals surface area contributed by atoms with Gasteiger partial charge in [0.05, 0.1) is 7.11 Å². The van der Waals surface area contributed by atoms with Crippen molar-refractivity contribution in [2.45, 2.75) is 31.3 Å². The van der Waals surface area contributed by atoms with Crippen LogP contribution in [0, 0.1) is 0 Å². The maximum Gasteiger partial charge on any atom is 0.119 e. The summed E-state index contributed by atoms with van der Waals surface area (Å²) < 4.78 is 10.9. The Morgan fingerprint density at radius 2 is 2.19 bits per heavy atom. The molecule has 4 nitrogen and oxygen atoms in total. The van der Waals surface area contributed by atoms with Crippen LogP contribution in [0.1, 0.15) is 30.9 Å². The largest absolute Gasteiger partial charge is 0.497 e. The molecule has 2 atom stereocenters. The van der Waals surface area contributed by atoms with E-state index in [1.54, 1.807) is 7.11 Å². The Labute approximate surface area is 128 Å². The summed E-state index contributed by atoms with van der Waals surface area (Å²) in [6.45, 7) is 2.74. The minimum absolute atomic E-state index is 0.351. The number of methoxy groups -OCH3 is 1. The molecule has 0 spiro atoms. The van der Waals surface area contributed by atoms with Crippen LogP contribution in [0.4, 0.5) is 0 Å². The normalized spacial score (nSPS) is 21.0. The number of rotatable bonds is 6. The minimum Gasteiger partial charge on any atom is -0.497 e. The zero-order chi connectivity index (χ0) is 15.1. The first kappa shape index (κ1) is 16.3. The highest BCUT2D eigenvalue weighted by Gasteiger charge is 2.18. The van der Waals surface area contributed by atoms with E-state index in [2.05, 4.69) is 42.5 Å². The van der Waals surface area contributed by atoms with Crippen LogP contribution in [0.25, 0.3) is 0 Å². The van der Waals surface area contributed by atoms with Gasteiger partial charge in [-0.1, -0.05) is 12.1 Å². The van der Waals surface area contributed by atoms with Crippen LogP contribution in [0.15, 0.2) is 24.3 Å². The Morgan fingerprint density at radius 1 is 1.33 bits per heavy atom. The molecule has 0 bridgehead atoms. The Hall–Kier alpha value is -1.10. The van der Waals surface area contributed by atoms with Crippen molar-refractivity contribution >= 4 is 0 Å². The summed E-state index contributed by atoms with van der Waals surface area (Å²) in [5.74, 6) is 0.919. The lowest BCUT2D eigenvalue weighted by molar-refractivity contribution is 0.142. The molecule has 1 heterocycles. The Bertz CT molecular complexity index is 415. The number of ether oxygens (including phenoxy) is 2. The van der Waals surface area contributed by atoms with E-state index in [1.165, 1.54) is 12.0 Å². The van der Waals surface area contributed by atoms with E-state index in [1.807, 2.05) is 6.07 Å². The monoisotopic (exact) mass is 292 g/mol. The van der Waals surface area contributed by atoms with Gasteiger partial charge in [0.25, 0.3) is 0 Å². The highest BCUT2D eigenvalue weighted by molar-refractivity contribution is 5.30. The molecule has 2 unspecified atom stereocenters. The summed E-state index contributed by atoms with van der Waals surface area (Å²) >= 11 is 0. The molecule has 1 aliphatic rings. The molecule has 0 radical (unpaired) electrons. The molecule has 1 N–H and O–H groups in total. The maximum atomic E-state index is 5.53. The summed E-state index contributed by atoms with van der Waals surface area (Å²) in [4.78, 5) is 2.26. The van der Waals surface area contributed by atoms with Crippen molar-refractivity contribution in [2.75, 3.05) is 41.0 Å². The molecule has 0 amide bonds. The molecule has 1 aromatic carbocycles. The minimum atomic E-state index is 0.351. The SMILES string of the molecule is COc1cccc(C(CNC2CCCOCC2)N(C)C)c1. The summed E-state index contributed by atoms with van der Waals surface area (Å²) in [7, 11) is 5.97. The van der Waals surface area contributed by atoms with Crippen LogP contribution >= 0.6 is 0 Å². The third-order valence-electron chi connectivity index (χ3n) is 4.15. The molecular formula is C17H28N2O2. The predicted octanol–water partition coefficient (Wildman–Crippen LogP) is 2.46. The maximum absolute atomic E-state index is 5.53. The Morgan fingerprint density at radius 3 is 2.95 bits per heavy atom. The molecule has 0 saturated carbocycles. The number of hydrogen-bond donors (Lipinski definition) is 1. The van der Waals surface area contributed by atoms with Gasteiger partial charge < -0.3 is 19.7 Å². The summed E-state index contributed by atoms with van der Waals surface area (Å²) in [6.07, 6.45) is 3.47. The third-order valence-corrected chi connectivity index (χ3v) is 4.15. The van der Waals surface area contributed by atoms with E-state index >= 15 is 0 Å². The fourth-order valence-electron chi connectivity index (χ4n) is 2.83. The van der Waals surface area contributed by atoms with E-state index < -0.39 is 0 Å². The quantitative estimate of drug-likeness (QED) is 0.873. The van der Waals surface area contributed by atoms with Gasteiger partial charge in [0, 0.05) is 31.8 Å². The number of likely N-dealkylation sites (N-methyl/N-ethyl adjacent to an activating group) is 1. The molecule has 21 heavy (non-hydrogen) atoms. The van der Waals surface area contributed by atoms with Gasteiger partial charge in [-0.25, -0.2) is 0 Å². The first-order valence-corrected chi connectivity index (χ1v) is 7.82. The van der Waals surface area contributed by atoms with Gasteiger partial charge in [0.2, 0.25) is 0 Å². The lowest BCUT2D eigenvalue weighted by Crippen LogP contribution is -2.37. The topological polar surface area (TPSA) is 33.7 Å². The van der Waals surface area contributed by atoms with Crippen molar-refractivity contribution in [3.05, 3.63) is 29.8 Å². The van der Waals surface area contributed by atoms with Crippen LogP contribution in [-0.2, 0) is 4.74 Å². The lowest BCUT2D eigenvalue weighted by atomic mass is 10.0. The second-order valence-electron chi connectivity index (χ2n) is 5.90. The van der Waals surface area contributed by atoms with Crippen molar-refractivity contribution < 1.29 is 9.47 Å². The van der Waals surface area contributed by atoms with Gasteiger partial charge >= 0.3 is 0 Å². The van der Waals surface area contributed by atoms with E-state index in [9.17, 15) is 0 Å². The van der Waals surface area contributed by atoms with Gasteiger partial charge in [0.15, 0.2) is 0 Å². The van der Waals surface area contributed by atoms with Gasteiger partial charge in [-0.3, -0.25) is 0 Å². The molecule has 1 aromatic rings. The van der Waals surface area contributed by atoms with E-state index in [0.717, 1.165) is 38.3 Å². The molecular weight excluding hydrogens is 264 g/mol. The summed E-state index contributed by atoms with van der Waals surface area (Å²) in [6, 6.07) is 9.27. The zero-order valence-electron chi connectivity index (χ0n) is 13.5. The number of benzene rings is 1. The van der Waals surface area contributed by atoms with Crippen molar-refractivity contribution in [3.63, 3.8) is 0 Å². The number of nitrogens with one attached hydrogen (secondary N) is 1. The van der Waals surface area contributed by atoms with Gasteiger partial charge in [0.1, 0.15) is 5.75 Å². The first-order chi connectivity index (χ1) is 10.2. The van der Waals surface area contributed by atoms with Gasteiger partial charge in [-0.15, -0.1) is 0 Å². The van der Waals surface area contributed by atoms with E-state index in [-0.39, 0.29) is 0 Å². The Kier molecular flexibility index (Phi) is 6.49. The van der Waals surface area contributed by atoms with Crippen LogP contribution in [0.2, 0.25) is 0 Å². The molecule has 1 aliphatic heterocycles. The predicted molar refractivity (Wildman–Crippen MR) is 85.9 cm³/mol.